The second kappa shape index (κ2) is 5.34. The summed E-state index contributed by atoms with van der Waals surface area (Å²) in [4.78, 5) is 0. The van der Waals surface area contributed by atoms with Gasteiger partial charge in [0.2, 0.25) is 0 Å². The summed E-state index contributed by atoms with van der Waals surface area (Å²) in [5.74, 6) is -0.352. The molecule has 1 saturated heterocycles. The average molecular weight is 259 g/mol. The Hall–Kier alpha value is -0.640. The van der Waals surface area contributed by atoms with Crippen LogP contribution in [-0.2, 0) is 11.2 Å². The van der Waals surface area contributed by atoms with Gasteiger partial charge in [-0.1, -0.05) is 17.7 Å². The quantitative estimate of drug-likeness (QED) is 0.884. The van der Waals surface area contributed by atoms with Gasteiger partial charge >= 0.3 is 0 Å². The number of hydrogen-bond donors (Lipinski definition) is 1. The zero-order valence-corrected chi connectivity index (χ0v) is 10.3. The standard InChI is InChI=1S/C13H16ClFO2/c14-12-8-11(15)3-2-10(12)9-13(16)4-1-6-17-7-5-13/h2-3,8,16H,1,4-7,9H2. The molecule has 0 aliphatic carbocycles. The smallest absolute Gasteiger partial charge is 0.124 e. The van der Waals surface area contributed by atoms with Gasteiger partial charge in [-0.15, -0.1) is 0 Å². The summed E-state index contributed by atoms with van der Waals surface area (Å²) in [5.41, 5.74) is 0.00953. The van der Waals surface area contributed by atoms with Crippen molar-refractivity contribution < 1.29 is 14.2 Å². The number of halogens is 2. The van der Waals surface area contributed by atoms with E-state index in [1.54, 1.807) is 6.07 Å². The van der Waals surface area contributed by atoms with Crippen molar-refractivity contribution in [1.82, 2.24) is 0 Å². The average Bonchev–Trinajstić information content (AvgIpc) is 2.48. The van der Waals surface area contributed by atoms with Crippen molar-refractivity contribution in [2.75, 3.05) is 13.2 Å². The molecular formula is C13H16ClFO2. The van der Waals surface area contributed by atoms with Crippen LogP contribution >= 0.6 is 11.6 Å². The molecule has 0 saturated carbocycles. The maximum absolute atomic E-state index is 12.9. The summed E-state index contributed by atoms with van der Waals surface area (Å²) >= 11 is 5.97. The Bertz CT molecular complexity index is 387. The molecule has 1 heterocycles. The third-order valence-corrected chi connectivity index (χ3v) is 3.53. The molecule has 0 spiro atoms. The van der Waals surface area contributed by atoms with Gasteiger partial charge in [0.25, 0.3) is 0 Å². The van der Waals surface area contributed by atoms with E-state index in [2.05, 4.69) is 0 Å². The summed E-state index contributed by atoms with van der Waals surface area (Å²) < 4.78 is 18.2. The van der Waals surface area contributed by atoms with E-state index < -0.39 is 5.60 Å². The second-order valence-corrected chi connectivity index (χ2v) is 5.01. The van der Waals surface area contributed by atoms with Gasteiger partial charge in [0.1, 0.15) is 5.82 Å². The molecule has 1 aromatic rings. The summed E-state index contributed by atoms with van der Waals surface area (Å²) in [5, 5.41) is 10.8. The molecule has 1 atom stereocenters. The topological polar surface area (TPSA) is 29.5 Å². The van der Waals surface area contributed by atoms with Gasteiger partial charge in [-0.25, -0.2) is 4.39 Å². The summed E-state index contributed by atoms with van der Waals surface area (Å²) in [6, 6.07) is 4.30. The van der Waals surface area contributed by atoms with Gasteiger partial charge in [0.15, 0.2) is 0 Å². The maximum atomic E-state index is 12.9. The highest BCUT2D eigenvalue weighted by Crippen LogP contribution is 2.29. The molecule has 0 radical (unpaired) electrons. The van der Waals surface area contributed by atoms with E-state index in [4.69, 9.17) is 16.3 Å². The van der Waals surface area contributed by atoms with Crippen molar-refractivity contribution in [2.24, 2.45) is 0 Å². The first-order valence-electron chi connectivity index (χ1n) is 5.83. The highest BCUT2D eigenvalue weighted by atomic mass is 35.5. The minimum absolute atomic E-state index is 0.352. The number of benzene rings is 1. The number of aliphatic hydroxyl groups is 1. The van der Waals surface area contributed by atoms with Crippen molar-refractivity contribution in [3.63, 3.8) is 0 Å². The Morgan fingerprint density at radius 2 is 2.18 bits per heavy atom. The normalized spacial score (nSPS) is 25.6. The molecule has 0 bridgehead atoms. The van der Waals surface area contributed by atoms with Gasteiger partial charge in [0, 0.05) is 24.7 Å². The number of rotatable bonds is 2. The van der Waals surface area contributed by atoms with Gasteiger partial charge in [-0.2, -0.15) is 0 Å². The van der Waals surface area contributed by atoms with E-state index in [0.29, 0.717) is 37.5 Å². The fourth-order valence-electron chi connectivity index (χ4n) is 2.19. The summed E-state index contributed by atoms with van der Waals surface area (Å²) in [6.07, 6.45) is 2.59. The zero-order valence-electron chi connectivity index (χ0n) is 9.59. The van der Waals surface area contributed by atoms with Crippen LogP contribution in [-0.4, -0.2) is 23.9 Å². The van der Waals surface area contributed by atoms with Crippen molar-refractivity contribution in [1.29, 1.82) is 0 Å². The Morgan fingerprint density at radius 1 is 1.35 bits per heavy atom. The van der Waals surface area contributed by atoms with Crippen molar-refractivity contribution in [2.45, 2.75) is 31.3 Å². The SMILES string of the molecule is OC1(Cc2ccc(F)cc2Cl)CCCOCC1. The molecular weight excluding hydrogens is 243 g/mol. The molecule has 17 heavy (non-hydrogen) atoms. The van der Waals surface area contributed by atoms with E-state index in [1.807, 2.05) is 0 Å². The van der Waals surface area contributed by atoms with Crippen LogP contribution in [0, 0.1) is 5.82 Å². The lowest BCUT2D eigenvalue weighted by Gasteiger charge is -2.26. The third kappa shape index (κ3) is 3.41. The van der Waals surface area contributed by atoms with Crippen LogP contribution in [0.3, 0.4) is 0 Å². The monoisotopic (exact) mass is 258 g/mol. The minimum Gasteiger partial charge on any atom is -0.389 e. The van der Waals surface area contributed by atoms with Gasteiger partial charge in [-0.05, 0) is 37.0 Å². The Kier molecular flexibility index (Phi) is 4.02. The largest absolute Gasteiger partial charge is 0.389 e. The Labute approximate surface area is 105 Å². The van der Waals surface area contributed by atoms with Gasteiger partial charge < -0.3 is 9.84 Å². The first-order valence-corrected chi connectivity index (χ1v) is 6.21. The predicted octanol–water partition coefficient (Wildman–Crippen LogP) is 2.95. The third-order valence-electron chi connectivity index (χ3n) is 3.18. The molecule has 1 N–H and O–H groups in total. The lowest BCUT2D eigenvalue weighted by Crippen LogP contribution is -2.31. The first kappa shape index (κ1) is 12.8. The molecule has 0 amide bonds. The molecule has 1 aromatic carbocycles. The lowest BCUT2D eigenvalue weighted by atomic mass is 9.88. The van der Waals surface area contributed by atoms with E-state index in [0.717, 1.165) is 12.0 Å². The maximum Gasteiger partial charge on any atom is 0.124 e. The highest BCUT2D eigenvalue weighted by molar-refractivity contribution is 6.31. The van der Waals surface area contributed by atoms with Crippen LogP contribution in [0.5, 0.6) is 0 Å². The van der Waals surface area contributed by atoms with Crippen LogP contribution in [0.25, 0.3) is 0 Å². The van der Waals surface area contributed by atoms with Crippen LogP contribution < -0.4 is 0 Å². The molecule has 2 nitrogen and oxygen atoms in total. The fourth-order valence-corrected chi connectivity index (χ4v) is 2.42. The Balaban J connectivity index is 2.12. The molecule has 1 aliphatic heterocycles. The molecule has 1 fully saturated rings. The van der Waals surface area contributed by atoms with Crippen molar-refractivity contribution in [3.8, 4) is 0 Å². The van der Waals surface area contributed by atoms with Crippen LogP contribution in [0.2, 0.25) is 5.02 Å². The van der Waals surface area contributed by atoms with Crippen LogP contribution in [0.4, 0.5) is 4.39 Å². The summed E-state index contributed by atoms with van der Waals surface area (Å²) in [7, 11) is 0. The summed E-state index contributed by atoms with van der Waals surface area (Å²) in [6.45, 7) is 1.26. The van der Waals surface area contributed by atoms with Crippen LogP contribution in [0.15, 0.2) is 18.2 Å². The highest BCUT2D eigenvalue weighted by Gasteiger charge is 2.29. The predicted molar refractivity (Wildman–Crippen MR) is 64.7 cm³/mol. The van der Waals surface area contributed by atoms with E-state index in [9.17, 15) is 9.50 Å². The minimum atomic E-state index is -0.780. The molecule has 4 heteroatoms. The van der Waals surface area contributed by atoms with Crippen molar-refractivity contribution >= 4 is 11.6 Å². The van der Waals surface area contributed by atoms with E-state index in [-0.39, 0.29) is 5.82 Å². The van der Waals surface area contributed by atoms with Gasteiger partial charge in [0.05, 0.1) is 5.60 Å². The van der Waals surface area contributed by atoms with E-state index >= 15 is 0 Å². The zero-order chi connectivity index (χ0) is 12.3. The first-order chi connectivity index (χ1) is 8.09. The van der Waals surface area contributed by atoms with Crippen molar-refractivity contribution in [3.05, 3.63) is 34.6 Å². The van der Waals surface area contributed by atoms with Gasteiger partial charge in [-0.3, -0.25) is 0 Å². The number of ether oxygens (including phenoxy) is 1. The molecule has 94 valence electrons. The van der Waals surface area contributed by atoms with E-state index in [1.165, 1.54) is 12.1 Å². The second-order valence-electron chi connectivity index (χ2n) is 4.60. The molecule has 2 rings (SSSR count). The molecule has 1 aliphatic rings. The fraction of sp³-hybridized carbons (Fsp3) is 0.538. The Morgan fingerprint density at radius 3 is 2.94 bits per heavy atom. The van der Waals surface area contributed by atoms with Crippen LogP contribution in [0.1, 0.15) is 24.8 Å². The number of hydrogen-bond acceptors (Lipinski definition) is 2. The molecule has 0 aromatic heterocycles. The molecule has 1 unspecified atom stereocenters. The lowest BCUT2D eigenvalue weighted by molar-refractivity contribution is 0.0189.